The van der Waals surface area contributed by atoms with Gasteiger partial charge in [-0.3, -0.25) is 4.99 Å². The van der Waals surface area contributed by atoms with Gasteiger partial charge in [0.05, 0.1) is 26.0 Å². The van der Waals surface area contributed by atoms with Crippen LogP contribution in [0.2, 0.25) is 0 Å². The molecule has 1 unspecified atom stereocenters. The van der Waals surface area contributed by atoms with Crippen LogP contribution in [0.3, 0.4) is 0 Å². The van der Waals surface area contributed by atoms with Gasteiger partial charge in [0.1, 0.15) is 17.6 Å². The molecule has 1 aromatic carbocycles. The van der Waals surface area contributed by atoms with Gasteiger partial charge in [0.15, 0.2) is 5.96 Å². The van der Waals surface area contributed by atoms with Gasteiger partial charge in [0.2, 0.25) is 5.89 Å². The minimum atomic E-state index is -0.0582. The van der Waals surface area contributed by atoms with Gasteiger partial charge >= 0.3 is 0 Å². The SMILES string of the molecule is CN=C(NCc1ncc(C(C)(C)C)o1)NCc1ccc(C)cc1OC1CCOC1.I. The van der Waals surface area contributed by atoms with Crippen molar-refractivity contribution in [1.82, 2.24) is 15.6 Å². The van der Waals surface area contributed by atoms with Crippen molar-refractivity contribution in [2.75, 3.05) is 20.3 Å². The van der Waals surface area contributed by atoms with E-state index in [1.807, 2.05) is 0 Å². The van der Waals surface area contributed by atoms with E-state index in [0.717, 1.165) is 30.1 Å². The van der Waals surface area contributed by atoms with Crippen LogP contribution in [-0.4, -0.2) is 37.3 Å². The number of nitrogens with zero attached hydrogens (tertiary/aromatic N) is 2. The Bertz CT molecular complexity index is 839. The lowest BCUT2D eigenvalue weighted by molar-refractivity contribution is 0.140. The minimum absolute atomic E-state index is 0. The standard InChI is InChI=1S/C22H32N4O3.HI/c1-15-6-7-16(18(10-15)28-17-8-9-27-14-17)11-25-21(23-5)26-13-20-24-12-19(29-20)22(2,3)4;/h6-7,10,12,17H,8-9,11,13-14H2,1-5H3,(H2,23,25,26);1H. The fourth-order valence-electron chi connectivity index (χ4n) is 3.00. The smallest absolute Gasteiger partial charge is 0.213 e. The molecule has 1 fully saturated rings. The van der Waals surface area contributed by atoms with E-state index in [0.29, 0.717) is 31.5 Å². The van der Waals surface area contributed by atoms with Crippen molar-refractivity contribution in [1.29, 1.82) is 0 Å². The number of hydrogen-bond donors (Lipinski definition) is 2. The first kappa shape index (κ1) is 24.5. The Labute approximate surface area is 196 Å². The molecule has 0 bridgehead atoms. The van der Waals surface area contributed by atoms with Crippen LogP contribution < -0.4 is 15.4 Å². The lowest BCUT2D eigenvalue weighted by Crippen LogP contribution is -2.36. The number of aryl methyl sites for hydroxylation is 1. The molecule has 2 aromatic rings. The van der Waals surface area contributed by atoms with E-state index in [2.05, 4.69) is 66.5 Å². The zero-order valence-corrected chi connectivity index (χ0v) is 20.8. The van der Waals surface area contributed by atoms with Crippen LogP contribution in [0.5, 0.6) is 5.75 Å². The first-order valence-corrected chi connectivity index (χ1v) is 10.1. The van der Waals surface area contributed by atoms with Gasteiger partial charge in [-0.25, -0.2) is 4.98 Å². The molecule has 1 aliphatic heterocycles. The summed E-state index contributed by atoms with van der Waals surface area (Å²) < 4.78 is 17.4. The van der Waals surface area contributed by atoms with Gasteiger partial charge in [0.25, 0.3) is 0 Å². The van der Waals surface area contributed by atoms with Crippen LogP contribution in [0.25, 0.3) is 0 Å². The number of oxazole rings is 1. The lowest BCUT2D eigenvalue weighted by atomic mass is 9.94. The van der Waals surface area contributed by atoms with E-state index < -0.39 is 0 Å². The van der Waals surface area contributed by atoms with E-state index in [1.54, 1.807) is 13.2 Å². The molecule has 8 heteroatoms. The third-order valence-electron chi connectivity index (χ3n) is 4.77. The second-order valence-corrected chi connectivity index (χ2v) is 8.36. The minimum Gasteiger partial charge on any atom is -0.488 e. The Hall–Kier alpha value is -1.81. The number of benzene rings is 1. The van der Waals surface area contributed by atoms with Crippen LogP contribution >= 0.6 is 24.0 Å². The Balaban J connectivity index is 0.00000320. The predicted molar refractivity (Wildman–Crippen MR) is 129 cm³/mol. The van der Waals surface area contributed by atoms with E-state index in [9.17, 15) is 0 Å². The summed E-state index contributed by atoms with van der Waals surface area (Å²) in [5.74, 6) is 3.08. The number of guanidine groups is 1. The van der Waals surface area contributed by atoms with Gasteiger partial charge in [-0.1, -0.05) is 32.9 Å². The Morgan fingerprint density at radius 3 is 2.67 bits per heavy atom. The predicted octanol–water partition coefficient (Wildman–Crippen LogP) is 3.93. The average molecular weight is 528 g/mol. The maximum Gasteiger partial charge on any atom is 0.213 e. The fourth-order valence-corrected chi connectivity index (χ4v) is 3.00. The molecule has 0 spiro atoms. The molecule has 0 saturated carbocycles. The first-order valence-electron chi connectivity index (χ1n) is 10.1. The van der Waals surface area contributed by atoms with E-state index >= 15 is 0 Å². The maximum absolute atomic E-state index is 6.17. The molecule has 1 saturated heterocycles. The summed E-state index contributed by atoms with van der Waals surface area (Å²) >= 11 is 0. The molecule has 1 aromatic heterocycles. The van der Waals surface area contributed by atoms with E-state index in [-0.39, 0.29) is 35.5 Å². The Morgan fingerprint density at radius 1 is 1.27 bits per heavy atom. The van der Waals surface area contributed by atoms with Gasteiger partial charge in [-0.2, -0.15) is 0 Å². The summed E-state index contributed by atoms with van der Waals surface area (Å²) in [4.78, 5) is 8.63. The summed E-state index contributed by atoms with van der Waals surface area (Å²) in [5.41, 5.74) is 2.19. The molecule has 0 aliphatic carbocycles. The quantitative estimate of drug-likeness (QED) is 0.336. The second kappa shape index (κ2) is 11.0. The van der Waals surface area contributed by atoms with Gasteiger partial charge < -0.3 is 24.5 Å². The van der Waals surface area contributed by atoms with Crippen molar-refractivity contribution in [2.45, 2.75) is 58.7 Å². The van der Waals surface area contributed by atoms with Crippen LogP contribution in [-0.2, 0) is 23.2 Å². The van der Waals surface area contributed by atoms with Crippen molar-refractivity contribution >= 4 is 29.9 Å². The molecular weight excluding hydrogens is 495 g/mol. The molecule has 0 amide bonds. The Morgan fingerprint density at radius 2 is 2.03 bits per heavy atom. The van der Waals surface area contributed by atoms with Crippen molar-refractivity contribution < 1.29 is 13.9 Å². The molecule has 30 heavy (non-hydrogen) atoms. The second-order valence-electron chi connectivity index (χ2n) is 8.36. The topological polar surface area (TPSA) is 80.9 Å². The molecule has 0 radical (unpaired) electrons. The van der Waals surface area contributed by atoms with Crippen LogP contribution in [0.1, 0.15) is 50.0 Å². The van der Waals surface area contributed by atoms with E-state index in [1.165, 1.54) is 5.56 Å². The largest absolute Gasteiger partial charge is 0.488 e. The first-order chi connectivity index (χ1) is 13.8. The highest BCUT2D eigenvalue weighted by Gasteiger charge is 2.20. The van der Waals surface area contributed by atoms with Crippen LogP contribution in [0.15, 0.2) is 33.8 Å². The lowest BCUT2D eigenvalue weighted by Gasteiger charge is -2.18. The third-order valence-corrected chi connectivity index (χ3v) is 4.77. The number of hydrogen-bond acceptors (Lipinski definition) is 5. The number of rotatable bonds is 6. The van der Waals surface area contributed by atoms with Crippen molar-refractivity contribution in [3.63, 3.8) is 0 Å². The highest BCUT2D eigenvalue weighted by molar-refractivity contribution is 14.0. The number of aromatic nitrogens is 1. The number of ether oxygens (including phenoxy) is 2. The summed E-state index contributed by atoms with van der Waals surface area (Å²) in [6.07, 6.45) is 2.84. The zero-order chi connectivity index (χ0) is 20.9. The molecule has 7 nitrogen and oxygen atoms in total. The third kappa shape index (κ3) is 6.87. The fraction of sp³-hybridized carbons (Fsp3) is 0.545. The maximum atomic E-state index is 6.17. The number of halogens is 1. The molecule has 1 aliphatic rings. The zero-order valence-electron chi connectivity index (χ0n) is 18.4. The highest BCUT2D eigenvalue weighted by Crippen LogP contribution is 2.24. The average Bonchev–Trinajstić information content (AvgIpc) is 3.35. The monoisotopic (exact) mass is 528 g/mol. The van der Waals surface area contributed by atoms with Crippen molar-refractivity contribution in [2.24, 2.45) is 4.99 Å². The number of aliphatic imine (C=N–C) groups is 1. The van der Waals surface area contributed by atoms with Gasteiger partial charge in [0, 0.05) is 31.0 Å². The molecule has 2 heterocycles. The molecule has 3 rings (SSSR count). The van der Waals surface area contributed by atoms with Crippen LogP contribution in [0, 0.1) is 6.92 Å². The van der Waals surface area contributed by atoms with Crippen molar-refractivity contribution in [3.05, 3.63) is 47.2 Å². The molecular formula is C22H33IN4O3. The summed E-state index contributed by atoms with van der Waals surface area (Å²) in [6, 6.07) is 6.25. The summed E-state index contributed by atoms with van der Waals surface area (Å²) in [6.45, 7) is 10.8. The summed E-state index contributed by atoms with van der Waals surface area (Å²) in [7, 11) is 1.74. The molecule has 1 atom stereocenters. The molecule has 166 valence electrons. The van der Waals surface area contributed by atoms with Crippen LogP contribution in [0.4, 0.5) is 0 Å². The Kier molecular flexibility index (Phi) is 8.96. The molecule has 2 N–H and O–H groups in total. The van der Waals surface area contributed by atoms with E-state index in [4.69, 9.17) is 13.9 Å². The number of nitrogens with one attached hydrogen (secondary N) is 2. The van der Waals surface area contributed by atoms with Gasteiger partial charge in [-0.15, -0.1) is 24.0 Å². The summed E-state index contributed by atoms with van der Waals surface area (Å²) in [5, 5.41) is 6.58. The van der Waals surface area contributed by atoms with Gasteiger partial charge in [-0.05, 0) is 18.6 Å². The normalized spacial score (nSPS) is 16.8. The van der Waals surface area contributed by atoms with Crippen molar-refractivity contribution in [3.8, 4) is 5.75 Å². The highest BCUT2D eigenvalue weighted by atomic mass is 127.